The Morgan fingerprint density at radius 1 is 1.53 bits per heavy atom. The van der Waals surface area contributed by atoms with Crippen molar-refractivity contribution in [2.24, 2.45) is 0 Å². The largest absolute Gasteiger partial charge is 0.341 e. The number of likely N-dealkylation sites (tertiary alicyclic amines) is 1. The molecule has 0 aromatic carbocycles. The molecule has 1 unspecified atom stereocenters. The minimum absolute atomic E-state index is 0.0535. The van der Waals surface area contributed by atoms with Crippen molar-refractivity contribution in [2.75, 3.05) is 40.0 Å². The van der Waals surface area contributed by atoms with Gasteiger partial charge < -0.3 is 14.3 Å². The van der Waals surface area contributed by atoms with E-state index in [2.05, 4.69) is 15.0 Å². The second-order valence-corrected chi connectivity index (χ2v) is 5.89. The molecule has 19 heavy (non-hydrogen) atoms. The molecule has 0 bridgehead atoms. The highest BCUT2D eigenvalue weighted by Gasteiger charge is 2.33. The van der Waals surface area contributed by atoms with Gasteiger partial charge in [0.05, 0.1) is 11.7 Å². The van der Waals surface area contributed by atoms with Gasteiger partial charge in [0.1, 0.15) is 0 Å². The zero-order valence-corrected chi connectivity index (χ0v) is 12.4. The lowest BCUT2D eigenvalue weighted by Gasteiger charge is -2.18. The number of rotatable bonds is 6. The number of hydrogen-bond acceptors (Lipinski definition) is 6. The number of hydrogen-bond donors (Lipinski definition) is 0. The van der Waals surface area contributed by atoms with Gasteiger partial charge in [-0.05, 0) is 20.4 Å². The third-order valence-corrected chi connectivity index (χ3v) is 3.68. The van der Waals surface area contributed by atoms with Crippen LogP contribution in [0.4, 0.5) is 0 Å². The van der Waals surface area contributed by atoms with Crippen LogP contribution in [0.3, 0.4) is 0 Å². The van der Waals surface area contributed by atoms with Crippen LogP contribution in [-0.4, -0.2) is 65.8 Å². The first-order valence-electron chi connectivity index (χ1n) is 6.34. The third kappa shape index (κ3) is 3.70. The summed E-state index contributed by atoms with van der Waals surface area (Å²) < 4.78 is 5.26. The lowest BCUT2D eigenvalue weighted by molar-refractivity contribution is -0.127. The maximum atomic E-state index is 11.9. The second-order valence-electron chi connectivity index (χ2n) is 5.03. The smallest absolute Gasteiger partial charge is 0.232 e. The second kappa shape index (κ2) is 6.38. The van der Waals surface area contributed by atoms with Gasteiger partial charge in [-0.15, -0.1) is 0 Å². The molecule has 1 aromatic heterocycles. The van der Waals surface area contributed by atoms with E-state index in [4.69, 9.17) is 4.52 Å². The summed E-state index contributed by atoms with van der Waals surface area (Å²) in [7, 11) is 4.01. The number of amides is 1. The van der Waals surface area contributed by atoms with E-state index in [1.807, 2.05) is 25.3 Å². The van der Waals surface area contributed by atoms with Gasteiger partial charge in [0, 0.05) is 26.1 Å². The summed E-state index contributed by atoms with van der Waals surface area (Å²) in [6.45, 7) is 2.32. The Morgan fingerprint density at radius 3 is 3.00 bits per heavy atom. The van der Waals surface area contributed by atoms with Gasteiger partial charge in [-0.1, -0.05) is 5.16 Å². The van der Waals surface area contributed by atoms with Crippen LogP contribution < -0.4 is 0 Å². The van der Waals surface area contributed by atoms with Gasteiger partial charge in [0.15, 0.2) is 5.82 Å². The van der Waals surface area contributed by atoms with Gasteiger partial charge in [0.25, 0.3) is 0 Å². The SMILES string of the molecule is CSCc1noc(C2CC(=O)N(CCN(C)C)C2)n1. The summed E-state index contributed by atoms with van der Waals surface area (Å²) in [6, 6.07) is 0. The van der Waals surface area contributed by atoms with Crippen LogP contribution in [0.25, 0.3) is 0 Å². The lowest BCUT2D eigenvalue weighted by atomic mass is 10.1. The average molecular weight is 284 g/mol. The van der Waals surface area contributed by atoms with E-state index < -0.39 is 0 Å². The number of thioether (sulfide) groups is 1. The number of carbonyl (C=O) groups is 1. The predicted molar refractivity (Wildman–Crippen MR) is 74.0 cm³/mol. The van der Waals surface area contributed by atoms with Gasteiger partial charge in [-0.2, -0.15) is 16.7 Å². The molecular formula is C12H20N4O2S. The summed E-state index contributed by atoms with van der Waals surface area (Å²) in [5, 5.41) is 3.93. The zero-order chi connectivity index (χ0) is 13.8. The average Bonchev–Trinajstić information content (AvgIpc) is 2.94. The van der Waals surface area contributed by atoms with Crippen LogP contribution in [0.1, 0.15) is 24.1 Å². The molecule has 2 rings (SSSR count). The number of carbonyl (C=O) groups excluding carboxylic acids is 1. The van der Waals surface area contributed by atoms with Gasteiger partial charge in [-0.3, -0.25) is 4.79 Å². The zero-order valence-electron chi connectivity index (χ0n) is 11.6. The molecule has 0 N–H and O–H groups in total. The molecule has 1 fully saturated rings. The molecule has 1 aromatic rings. The molecule has 7 heteroatoms. The predicted octanol–water partition coefficient (Wildman–Crippen LogP) is 0.810. The van der Waals surface area contributed by atoms with Crippen LogP contribution in [-0.2, 0) is 10.5 Å². The standard InChI is InChI=1S/C12H20N4O2S/c1-15(2)4-5-16-7-9(6-11(16)17)12-13-10(8-19-3)14-18-12/h9H,4-8H2,1-3H3. The Kier molecular flexibility index (Phi) is 4.81. The lowest BCUT2D eigenvalue weighted by Crippen LogP contribution is -2.32. The Bertz CT molecular complexity index is 435. The van der Waals surface area contributed by atoms with Gasteiger partial charge in [-0.25, -0.2) is 0 Å². The highest BCUT2D eigenvalue weighted by atomic mass is 32.2. The highest BCUT2D eigenvalue weighted by molar-refractivity contribution is 7.97. The summed E-state index contributed by atoms with van der Waals surface area (Å²) in [6.07, 6.45) is 2.48. The Labute approximate surface area is 117 Å². The van der Waals surface area contributed by atoms with E-state index in [0.717, 1.165) is 18.8 Å². The Morgan fingerprint density at radius 2 is 2.32 bits per heavy atom. The van der Waals surface area contributed by atoms with Crippen LogP contribution in [0, 0.1) is 0 Å². The van der Waals surface area contributed by atoms with E-state index in [-0.39, 0.29) is 11.8 Å². The van der Waals surface area contributed by atoms with E-state index >= 15 is 0 Å². The monoisotopic (exact) mass is 284 g/mol. The van der Waals surface area contributed by atoms with Crippen LogP contribution in [0.15, 0.2) is 4.52 Å². The fraction of sp³-hybridized carbons (Fsp3) is 0.750. The van der Waals surface area contributed by atoms with Crippen LogP contribution in [0.2, 0.25) is 0 Å². The highest BCUT2D eigenvalue weighted by Crippen LogP contribution is 2.27. The summed E-state index contributed by atoms with van der Waals surface area (Å²) >= 11 is 1.66. The maximum absolute atomic E-state index is 11.9. The molecule has 0 radical (unpaired) electrons. The van der Waals surface area contributed by atoms with Gasteiger partial charge in [0.2, 0.25) is 11.8 Å². The first-order chi connectivity index (χ1) is 9.10. The molecule has 1 saturated heterocycles. The van der Waals surface area contributed by atoms with Crippen molar-refractivity contribution < 1.29 is 9.32 Å². The quantitative estimate of drug-likeness (QED) is 0.770. The summed E-state index contributed by atoms with van der Waals surface area (Å²) in [4.78, 5) is 20.2. The van der Waals surface area contributed by atoms with E-state index in [9.17, 15) is 4.79 Å². The van der Waals surface area contributed by atoms with E-state index in [1.165, 1.54) is 0 Å². The van der Waals surface area contributed by atoms with Crippen molar-refractivity contribution in [3.8, 4) is 0 Å². The molecule has 1 aliphatic heterocycles. The molecule has 6 nitrogen and oxygen atoms in total. The van der Waals surface area contributed by atoms with E-state index in [0.29, 0.717) is 24.7 Å². The summed E-state index contributed by atoms with van der Waals surface area (Å²) in [5.74, 6) is 2.29. The molecular weight excluding hydrogens is 264 g/mol. The molecule has 0 saturated carbocycles. The van der Waals surface area contributed by atoms with Crippen molar-refractivity contribution in [2.45, 2.75) is 18.1 Å². The first-order valence-corrected chi connectivity index (χ1v) is 7.73. The fourth-order valence-corrected chi connectivity index (χ4v) is 2.47. The third-order valence-electron chi connectivity index (χ3n) is 3.14. The molecule has 106 valence electrons. The van der Waals surface area contributed by atoms with Gasteiger partial charge >= 0.3 is 0 Å². The molecule has 1 amide bonds. The van der Waals surface area contributed by atoms with Crippen LogP contribution in [0.5, 0.6) is 0 Å². The molecule has 2 heterocycles. The van der Waals surface area contributed by atoms with Crippen molar-refractivity contribution in [1.29, 1.82) is 0 Å². The van der Waals surface area contributed by atoms with Crippen molar-refractivity contribution in [3.63, 3.8) is 0 Å². The fourth-order valence-electron chi connectivity index (χ4n) is 2.10. The van der Waals surface area contributed by atoms with Crippen molar-refractivity contribution in [1.82, 2.24) is 19.9 Å². The Balaban J connectivity index is 1.93. The minimum Gasteiger partial charge on any atom is -0.341 e. The van der Waals surface area contributed by atoms with Crippen LogP contribution >= 0.6 is 11.8 Å². The number of likely N-dealkylation sites (N-methyl/N-ethyl adjacent to an activating group) is 1. The van der Waals surface area contributed by atoms with Crippen molar-refractivity contribution in [3.05, 3.63) is 11.7 Å². The summed E-state index contributed by atoms with van der Waals surface area (Å²) in [5.41, 5.74) is 0. The first kappa shape index (κ1) is 14.3. The van der Waals surface area contributed by atoms with Crippen molar-refractivity contribution >= 4 is 17.7 Å². The molecule has 0 spiro atoms. The normalized spacial score (nSPS) is 19.7. The Hall–Kier alpha value is -1.08. The molecule has 0 aliphatic carbocycles. The maximum Gasteiger partial charge on any atom is 0.232 e. The van der Waals surface area contributed by atoms with E-state index in [1.54, 1.807) is 11.8 Å². The minimum atomic E-state index is 0.0535. The molecule has 1 atom stereocenters. The number of nitrogens with zero attached hydrogens (tertiary/aromatic N) is 4. The topological polar surface area (TPSA) is 62.5 Å². The molecule has 1 aliphatic rings. The number of aromatic nitrogens is 2.